The maximum Gasteiger partial charge on any atom is 0.128 e. The molecule has 5 heteroatoms. The molecular formula is C15H17BrN2O2. The first-order valence-electron chi connectivity index (χ1n) is 6.17. The molecule has 0 spiro atoms. The number of hydrogen-bond donors (Lipinski definition) is 0. The molecule has 0 radical (unpaired) electrons. The van der Waals surface area contributed by atoms with Crippen LogP contribution in [-0.4, -0.2) is 26.3 Å². The maximum atomic E-state index is 5.39. The van der Waals surface area contributed by atoms with E-state index in [2.05, 4.69) is 25.8 Å². The van der Waals surface area contributed by atoms with E-state index in [0.29, 0.717) is 6.54 Å². The second-order valence-electron chi connectivity index (χ2n) is 4.37. The normalized spacial score (nSPS) is 10.2. The minimum atomic E-state index is 0.689. The van der Waals surface area contributed by atoms with Gasteiger partial charge < -0.3 is 14.4 Å². The van der Waals surface area contributed by atoms with Crippen LogP contribution in [0.5, 0.6) is 11.5 Å². The van der Waals surface area contributed by atoms with Crippen molar-refractivity contribution in [2.45, 2.75) is 6.54 Å². The van der Waals surface area contributed by atoms with Crippen molar-refractivity contribution in [1.82, 2.24) is 4.98 Å². The zero-order chi connectivity index (χ0) is 14.5. The summed E-state index contributed by atoms with van der Waals surface area (Å²) >= 11 is 3.39. The van der Waals surface area contributed by atoms with Gasteiger partial charge in [-0.3, -0.25) is 0 Å². The standard InChI is InChI=1S/C15H17BrN2O2/c1-18(15-7-4-12(16)9-17-15)10-11-8-13(19-2)5-6-14(11)20-3/h4-9H,10H2,1-3H3. The van der Waals surface area contributed by atoms with Gasteiger partial charge in [-0.1, -0.05) is 0 Å². The Morgan fingerprint density at radius 2 is 1.95 bits per heavy atom. The number of benzene rings is 1. The van der Waals surface area contributed by atoms with Gasteiger partial charge in [0.15, 0.2) is 0 Å². The van der Waals surface area contributed by atoms with Gasteiger partial charge in [0.1, 0.15) is 17.3 Å². The first kappa shape index (κ1) is 14.7. The van der Waals surface area contributed by atoms with Crippen LogP contribution >= 0.6 is 15.9 Å². The Labute approximate surface area is 127 Å². The highest BCUT2D eigenvalue weighted by atomic mass is 79.9. The van der Waals surface area contributed by atoms with E-state index < -0.39 is 0 Å². The van der Waals surface area contributed by atoms with Gasteiger partial charge in [-0.2, -0.15) is 0 Å². The number of rotatable bonds is 5. The average molecular weight is 337 g/mol. The van der Waals surface area contributed by atoms with Crippen molar-refractivity contribution in [3.8, 4) is 11.5 Å². The molecule has 0 N–H and O–H groups in total. The molecule has 0 bridgehead atoms. The van der Waals surface area contributed by atoms with E-state index in [9.17, 15) is 0 Å². The van der Waals surface area contributed by atoms with E-state index in [-0.39, 0.29) is 0 Å². The monoisotopic (exact) mass is 336 g/mol. The summed E-state index contributed by atoms with van der Waals surface area (Å²) in [5.74, 6) is 2.56. The van der Waals surface area contributed by atoms with Gasteiger partial charge in [0.2, 0.25) is 0 Å². The van der Waals surface area contributed by atoms with Crippen molar-refractivity contribution < 1.29 is 9.47 Å². The molecule has 1 aromatic carbocycles. The third kappa shape index (κ3) is 3.42. The molecule has 0 saturated heterocycles. The number of halogens is 1. The van der Waals surface area contributed by atoms with Crippen LogP contribution < -0.4 is 14.4 Å². The SMILES string of the molecule is COc1ccc(OC)c(CN(C)c2ccc(Br)cn2)c1. The van der Waals surface area contributed by atoms with Crippen LogP contribution in [0, 0.1) is 0 Å². The molecule has 0 amide bonds. The molecule has 106 valence electrons. The Morgan fingerprint density at radius 3 is 2.55 bits per heavy atom. The average Bonchev–Trinajstić information content (AvgIpc) is 2.47. The van der Waals surface area contributed by atoms with Crippen molar-refractivity contribution in [2.24, 2.45) is 0 Å². The van der Waals surface area contributed by atoms with Gasteiger partial charge in [0, 0.05) is 29.8 Å². The molecule has 0 aliphatic carbocycles. The van der Waals surface area contributed by atoms with Gasteiger partial charge in [-0.05, 0) is 46.3 Å². The summed E-state index contributed by atoms with van der Waals surface area (Å²) < 4.78 is 11.6. The van der Waals surface area contributed by atoms with E-state index in [1.54, 1.807) is 20.4 Å². The highest BCUT2D eigenvalue weighted by molar-refractivity contribution is 9.10. The summed E-state index contributed by atoms with van der Waals surface area (Å²) in [6.07, 6.45) is 1.79. The highest BCUT2D eigenvalue weighted by Crippen LogP contribution is 2.26. The van der Waals surface area contributed by atoms with E-state index in [0.717, 1.165) is 27.4 Å². The minimum absolute atomic E-state index is 0.689. The number of methoxy groups -OCH3 is 2. The summed E-state index contributed by atoms with van der Waals surface area (Å²) in [5, 5.41) is 0. The number of aromatic nitrogens is 1. The summed E-state index contributed by atoms with van der Waals surface area (Å²) in [7, 11) is 5.32. The smallest absolute Gasteiger partial charge is 0.128 e. The highest BCUT2D eigenvalue weighted by Gasteiger charge is 2.09. The molecule has 0 aliphatic rings. The number of hydrogen-bond acceptors (Lipinski definition) is 4. The molecule has 2 rings (SSSR count). The van der Waals surface area contributed by atoms with Crippen LogP contribution in [-0.2, 0) is 6.54 Å². The fourth-order valence-corrected chi connectivity index (χ4v) is 2.17. The van der Waals surface area contributed by atoms with E-state index in [1.165, 1.54) is 0 Å². The lowest BCUT2D eigenvalue weighted by Gasteiger charge is -2.20. The molecule has 1 aromatic heterocycles. The maximum absolute atomic E-state index is 5.39. The molecule has 0 aliphatic heterocycles. The summed E-state index contributed by atoms with van der Waals surface area (Å²) in [4.78, 5) is 6.44. The second kappa shape index (κ2) is 6.61. The lowest BCUT2D eigenvalue weighted by molar-refractivity contribution is 0.398. The van der Waals surface area contributed by atoms with Gasteiger partial charge in [-0.25, -0.2) is 4.98 Å². The fraction of sp³-hybridized carbons (Fsp3) is 0.267. The quantitative estimate of drug-likeness (QED) is 0.836. The van der Waals surface area contributed by atoms with E-state index >= 15 is 0 Å². The van der Waals surface area contributed by atoms with Crippen molar-refractivity contribution in [3.63, 3.8) is 0 Å². The largest absolute Gasteiger partial charge is 0.497 e. The van der Waals surface area contributed by atoms with Crippen molar-refractivity contribution >= 4 is 21.7 Å². The second-order valence-corrected chi connectivity index (χ2v) is 5.28. The molecule has 1 heterocycles. The predicted molar refractivity (Wildman–Crippen MR) is 83.6 cm³/mol. The van der Waals surface area contributed by atoms with Gasteiger partial charge in [0.05, 0.1) is 14.2 Å². The topological polar surface area (TPSA) is 34.6 Å². The lowest BCUT2D eigenvalue weighted by atomic mass is 10.1. The Balaban J connectivity index is 2.21. The summed E-state index contributed by atoms with van der Waals surface area (Å²) in [6, 6.07) is 9.73. The predicted octanol–water partition coefficient (Wildman–Crippen LogP) is 3.50. The molecular weight excluding hydrogens is 320 g/mol. The van der Waals surface area contributed by atoms with Crippen LogP contribution in [0.15, 0.2) is 41.0 Å². The molecule has 20 heavy (non-hydrogen) atoms. The van der Waals surface area contributed by atoms with Gasteiger partial charge >= 0.3 is 0 Å². The lowest BCUT2D eigenvalue weighted by Crippen LogP contribution is -2.18. The molecule has 0 fully saturated rings. The fourth-order valence-electron chi connectivity index (χ4n) is 1.94. The third-order valence-corrected chi connectivity index (χ3v) is 3.47. The first-order chi connectivity index (χ1) is 9.63. The summed E-state index contributed by atoms with van der Waals surface area (Å²) in [5.41, 5.74) is 1.05. The van der Waals surface area contributed by atoms with Crippen LogP contribution in [0.25, 0.3) is 0 Å². The number of pyridine rings is 1. The van der Waals surface area contributed by atoms with Crippen molar-refractivity contribution in [1.29, 1.82) is 0 Å². The van der Waals surface area contributed by atoms with E-state index in [1.807, 2.05) is 37.4 Å². The van der Waals surface area contributed by atoms with Crippen molar-refractivity contribution in [2.75, 3.05) is 26.2 Å². The van der Waals surface area contributed by atoms with Crippen LogP contribution in [0.4, 0.5) is 5.82 Å². The van der Waals surface area contributed by atoms with Gasteiger partial charge in [0.25, 0.3) is 0 Å². The first-order valence-corrected chi connectivity index (χ1v) is 6.97. The zero-order valence-corrected chi connectivity index (χ0v) is 13.3. The molecule has 0 atom stereocenters. The van der Waals surface area contributed by atoms with Gasteiger partial charge in [-0.15, -0.1) is 0 Å². The van der Waals surface area contributed by atoms with Crippen LogP contribution in [0.2, 0.25) is 0 Å². The zero-order valence-electron chi connectivity index (χ0n) is 11.8. The Bertz CT molecular complexity index is 573. The third-order valence-electron chi connectivity index (χ3n) is 3.00. The van der Waals surface area contributed by atoms with Crippen LogP contribution in [0.1, 0.15) is 5.56 Å². The molecule has 2 aromatic rings. The molecule has 0 unspecified atom stereocenters. The Hall–Kier alpha value is -1.75. The van der Waals surface area contributed by atoms with Crippen LogP contribution in [0.3, 0.4) is 0 Å². The Kier molecular flexibility index (Phi) is 4.84. The van der Waals surface area contributed by atoms with Crippen molar-refractivity contribution in [3.05, 3.63) is 46.6 Å². The molecule has 4 nitrogen and oxygen atoms in total. The van der Waals surface area contributed by atoms with E-state index in [4.69, 9.17) is 9.47 Å². The number of nitrogens with zero attached hydrogens (tertiary/aromatic N) is 2. The number of ether oxygens (including phenoxy) is 2. The number of anilines is 1. The minimum Gasteiger partial charge on any atom is -0.497 e. The Morgan fingerprint density at radius 1 is 1.15 bits per heavy atom. The summed E-state index contributed by atoms with van der Waals surface area (Å²) in [6.45, 7) is 0.689. The molecule has 0 saturated carbocycles.